The quantitative estimate of drug-likeness (QED) is 0.833. The van der Waals surface area contributed by atoms with Gasteiger partial charge in [0.15, 0.2) is 0 Å². The zero-order valence-corrected chi connectivity index (χ0v) is 12.7. The molecular formula is C18H21NO2. The number of fused-ring (bicyclic) bond motifs is 1. The van der Waals surface area contributed by atoms with Crippen LogP contribution in [0.4, 0.5) is 5.69 Å². The fourth-order valence-electron chi connectivity index (χ4n) is 3.41. The first-order chi connectivity index (χ1) is 9.95. The zero-order valence-electron chi connectivity index (χ0n) is 12.7. The summed E-state index contributed by atoms with van der Waals surface area (Å²) in [6.07, 6.45) is 1.54. The minimum atomic E-state index is -0.926. The highest BCUT2D eigenvalue weighted by atomic mass is 16.5. The van der Waals surface area contributed by atoms with Crippen molar-refractivity contribution in [1.82, 2.24) is 0 Å². The van der Waals surface area contributed by atoms with Crippen molar-refractivity contribution in [2.75, 3.05) is 12.8 Å². The molecule has 0 radical (unpaired) electrons. The average Bonchev–Trinajstić information content (AvgIpc) is 2.78. The molecule has 1 aliphatic carbocycles. The average molecular weight is 283 g/mol. The summed E-state index contributed by atoms with van der Waals surface area (Å²) in [5.41, 5.74) is 10.8. The predicted molar refractivity (Wildman–Crippen MR) is 84.6 cm³/mol. The molecule has 1 unspecified atom stereocenters. The SMILES string of the molecule is COc1cc(C)c(C2(O)CCc3cc(N)ccc32)cc1C. The number of ether oxygens (including phenoxy) is 1. The number of hydrogen-bond donors (Lipinski definition) is 2. The summed E-state index contributed by atoms with van der Waals surface area (Å²) in [5, 5.41) is 11.3. The van der Waals surface area contributed by atoms with Crippen LogP contribution in [0.1, 0.15) is 34.2 Å². The van der Waals surface area contributed by atoms with E-state index in [-0.39, 0.29) is 0 Å². The molecule has 2 aromatic rings. The molecule has 1 aliphatic rings. The molecule has 110 valence electrons. The van der Waals surface area contributed by atoms with E-state index in [1.807, 2.05) is 44.2 Å². The molecule has 2 aromatic carbocycles. The predicted octanol–water partition coefficient (Wildman–Crippen LogP) is 3.08. The Morgan fingerprint density at radius 3 is 2.57 bits per heavy atom. The van der Waals surface area contributed by atoms with E-state index < -0.39 is 5.60 Å². The number of rotatable bonds is 2. The van der Waals surface area contributed by atoms with Gasteiger partial charge in [-0.1, -0.05) is 6.07 Å². The fourth-order valence-corrected chi connectivity index (χ4v) is 3.41. The minimum absolute atomic E-state index is 0.693. The molecule has 3 N–H and O–H groups in total. The monoisotopic (exact) mass is 283 g/mol. The first-order valence-corrected chi connectivity index (χ1v) is 7.22. The highest BCUT2D eigenvalue weighted by Gasteiger charge is 2.39. The van der Waals surface area contributed by atoms with Gasteiger partial charge in [-0.3, -0.25) is 0 Å². The molecule has 0 spiro atoms. The van der Waals surface area contributed by atoms with Crippen LogP contribution in [0.5, 0.6) is 5.75 Å². The van der Waals surface area contributed by atoms with Gasteiger partial charge >= 0.3 is 0 Å². The number of benzene rings is 2. The lowest BCUT2D eigenvalue weighted by atomic mass is 9.84. The van der Waals surface area contributed by atoms with Crippen LogP contribution in [-0.4, -0.2) is 12.2 Å². The van der Waals surface area contributed by atoms with Crippen LogP contribution in [0.2, 0.25) is 0 Å². The molecule has 0 bridgehead atoms. The third-order valence-corrected chi connectivity index (χ3v) is 4.52. The van der Waals surface area contributed by atoms with Gasteiger partial charge in [-0.05, 0) is 78.8 Å². The number of methoxy groups -OCH3 is 1. The Morgan fingerprint density at radius 1 is 1.10 bits per heavy atom. The van der Waals surface area contributed by atoms with Crippen molar-refractivity contribution in [3.63, 3.8) is 0 Å². The minimum Gasteiger partial charge on any atom is -0.496 e. The second kappa shape index (κ2) is 4.78. The Kier molecular flexibility index (Phi) is 3.18. The Morgan fingerprint density at radius 2 is 1.86 bits per heavy atom. The highest BCUT2D eigenvalue weighted by molar-refractivity contribution is 5.55. The first-order valence-electron chi connectivity index (χ1n) is 7.22. The Balaban J connectivity index is 2.16. The molecule has 21 heavy (non-hydrogen) atoms. The van der Waals surface area contributed by atoms with Crippen LogP contribution >= 0.6 is 0 Å². The van der Waals surface area contributed by atoms with E-state index >= 15 is 0 Å². The van der Waals surface area contributed by atoms with Gasteiger partial charge in [-0.15, -0.1) is 0 Å². The number of aliphatic hydroxyl groups is 1. The van der Waals surface area contributed by atoms with Gasteiger partial charge in [-0.2, -0.15) is 0 Å². The van der Waals surface area contributed by atoms with E-state index in [0.29, 0.717) is 6.42 Å². The van der Waals surface area contributed by atoms with E-state index in [2.05, 4.69) is 0 Å². The number of aryl methyl sites for hydroxylation is 3. The molecule has 0 saturated heterocycles. The van der Waals surface area contributed by atoms with E-state index in [0.717, 1.165) is 45.7 Å². The van der Waals surface area contributed by atoms with Crippen molar-refractivity contribution in [2.45, 2.75) is 32.3 Å². The van der Waals surface area contributed by atoms with Crippen LogP contribution in [0.3, 0.4) is 0 Å². The second-order valence-corrected chi connectivity index (χ2v) is 5.91. The number of nitrogens with two attached hydrogens (primary N) is 1. The molecule has 1 atom stereocenters. The summed E-state index contributed by atoms with van der Waals surface area (Å²) in [4.78, 5) is 0. The third kappa shape index (κ3) is 2.09. The number of hydrogen-bond acceptors (Lipinski definition) is 3. The van der Waals surface area contributed by atoms with Crippen LogP contribution in [0, 0.1) is 13.8 Å². The highest BCUT2D eigenvalue weighted by Crippen LogP contribution is 2.44. The lowest BCUT2D eigenvalue weighted by molar-refractivity contribution is 0.0821. The maximum absolute atomic E-state index is 11.3. The Labute approximate surface area is 125 Å². The lowest BCUT2D eigenvalue weighted by Crippen LogP contribution is -2.25. The van der Waals surface area contributed by atoms with Crippen LogP contribution in [0.15, 0.2) is 30.3 Å². The van der Waals surface area contributed by atoms with Gasteiger partial charge in [-0.25, -0.2) is 0 Å². The van der Waals surface area contributed by atoms with Gasteiger partial charge in [0.2, 0.25) is 0 Å². The molecule has 0 aliphatic heterocycles. The van der Waals surface area contributed by atoms with Crippen LogP contribution in [-0.2, 0) is 12.0 Å². The molecule has 3 nitrogen and oxygen atoms in total. The van der Waals surface area contributed by atoms with Crippen molar-refractivity contribution in [2.24, 2.45) is 0 Å². The Hall–Kier alpha value is -2.00. The van der Waals surface area contributed by atoms with E-state index in [4.69, 9.17) is 10.5 Å². The summed E-state index contributed by atoms with van der Waals surface area (Å²) in [6, 6.07) is 9.83. The van der Waals surface area contributed by atoms with Crippen LogP contribution < -0.4 is 10.5 Å². The van der Waals surface area contributed by atoms with Crippen molar-refractivity contribution in [3.05, 3.63) is 58.1 Å². The van der Waals surface area contributed by atoms with Crippen molar-refractivity contribution < 1.29 is 9.84 Å². The summed E-state index contributed by atoms with van der Waals surface area (Å²) < 4.78 is 5.36. The van der Waals surface area contributed by atoms with Crippen molar-refractivity contribution in [3.8, 4) is 5.75 Å². The smallest absolute Gasteiger partial charge is 0.122 e. The van der Waals surface area contributed by atoms with Gasteiger partial charge < -0.3 is 15.6 Å². The van der Waals surface area contributed by atoms with Gasteiger partial charge in [0, 0.05) is 5.69 Å². The summed E-state index contributed by atoms with van der Waals surface area (Å²) in [6.45, 7) is 4.02. The molecule has 3 heteroatoms. The normalized spacial score (nSPS) is 20.4. The molecule has 0 heterocycles. The standard InChI is InChI=1S/C18H21NO2/c1-11-9-17(21-3)12(2)8-16(11)18(20)7-6-13-10-14(19)4-5-15(13)18/h4-5,8-10,20H,6-7,19H2,1-3H3. The molecule has 0 saturated carbocycles. The third-order valence-electron chi connectivity index (χ3n) is 4.52. The maximum Gasteiger partial charge on any atom is 0.122 e. The van der Waals surface area contributed by atoms with Crippen molar-refractivity contribution >= 4 is 5.69 Å². The molecule has 0 amide bonds. The van der Waals surface area contributed by atoms with Crippen molar-refractivity contribution in [1.29, 1.82) is 0 Å². The summed E-state index contributed by atoms with van der Waals surface area (Å²) >= 11 is 0. The van der Waals surface area contributed by atoms with Gasteiger partial charge in [0.1, 0.15) is 11.4 Å². The second-order valence-electron chi connectivity index (χ2n) is 5.91. The fraction of sp³-hybridized carbons (Fsp3) is 0.333. The number of nitrogen functional groups attached to an aromatic ring is 1. The van der Waals surface area contributed by atoms with Gasteiger partial charge in [0.05, 0.1) is 7.11 Å². The molecular weight excluding hydrogens is 262 g/mol. The van der Waals surface area contributed by atoms with E-state index in [1.54, 1.807) is 7.11 Å². The largest absolute Gasteiger partial charge is 0.496 e. The Bertz CT molecular complexity index is 709. The topological polar surface area (TPSA) is 55.5 Å². The lowest BCUT2D eigenvalue weighted by Gasteiger charge is -2.27. The maximum atomic E-state index is 11.3. The first kappa shape index (κ1) is 14.0. The summed E-state index contributed by atoms with van der Waals surface area (Å²) in [5.74, 6) is 0.857. The zero-order chi connectivity index (χ0) is 15.2. The van der Waals surface area contributed by atoms with E-state index in [9.17, 15) is 5.11 Å². The number of anilines is 1. The molecule has 0 aromatic heterocycles. The molecule has 3 rings (SSSR count). The van der Waals surface area contributed by atoms with Gasteiger partial charge in [0.25, 0.3) is 0 Å². The van der Waals surface area contributed by atoms with E-state index in [1.165, 1.54) is 0 Å². The molecule has 0 fully saturated rings. The summed E-state index contributed by atoms with van der Waals surface area (Å²) in [7, 11) is 1.67. The van der Waals surface area contributed by atoms with Crippen LogP contribution in [0.25, 0.3) is 0 Å².